The molecular formula is C34H62N10O8Si2. The van der Waals surface area contributed by atoms with Crippen molar-refractivity contribution in [1.29, 1.82) is 0 Å². The normalized spacial score (nSPS) is 19.9. The number of aliphatic hydroxyl groups is 2. The van der Waals surface area contributed by atoms with Crippen molar-refractivity contribution in [2.75, 3.05) is 45.0 Å². The van der Waals surface area contributed by atoms with Crippen LogP contribution in [0.4, 0.5) is 34.9 Å². The van der Waals surface area contributed by atoms with Gasteiger partial charge in [0.15, 0.2) is 34.0 Å². The summed E-state index contributed by atoms with van der Waals surface area (Å²) in [6.07, 6.45) is -2.90. The van der Waals surface area contributed by atoms with E-state index in [1.165, 1.54) is 20.8 Å². The van der Waals surface area contributed by atoms with Crippen LogP contribution in [0, 0.1) is 0 Å². The first-order valence-electron chi connectivity index (χ1n) is 18.1. The minimum atomic E-state index is -2.10. The Morgan fingerprint density at radius 3 is 1.89 bits per heavy atom. The summed E-state index contributed by atoms with van der Waals surface area (Å²) in [5.41, 5.74) is 10.4. The maximum atomic E-state index is 12.5. The number of anilines is 6. The molecular weight excluding hydrogens is 733 g/mol. The van der Waals surface area contributed by atoms with Crippen molar-refractivity contribution in [3.05, 3.63) is 20.7 Å². The molecule has 0 unspecified atom stereocenters. The van der Waals surface area contributed by atoms with Crippen LogP contribution >= 0.6 is 0 Å². The zero-order chi connectivity index (χ0) is 41.5. The lowest BCUT2D eigenvalue weighted by Crippen LogP contribution is -2.61. The van der Waals surface area contributed by atoms with Crippen LogP contribution < -0.4 is 43.0 Å². The monoisotopic (exact) mass is 794 g/mol. The zero-order valence-corrected chi connectivity index (χ0v) is 36.2. The Morgan fingerprint density at radius 1 is 0.870 bits per heavy atom. The summed E-state index contributed by atoms with van der Waals surface area (Å²) in [7, 11) is -4.12. The van der Waals surface area contributed by atoms with Crippen LogP contribution in [-0.4, -0.2) is 108 Å². The maximum Gasteiger partial charge on any atom is 0.278 e. The van der Waals surface area contributed by atoms with E-state index in [1.54, 1.807) is 0 Å². The Morgan fingerprint density at radius 2 is 1.39 bits per heavy atom. The van der Waals surface area contributed by atoms with Crippen molar-refractivity contribution in [1.82, 2.24) is 19.9 Å². The lowest BCUT2D eigenvalue weighted by Gasteiger charge is -2.47. The van der Waals surface area contributed by atoms with E-state index in [2.05, 4.69) is 105 Å². The van der Waals surface area contributed by atoms with Crippen LogP contribution in [0.15, 0.2) is 9.59 Å². The number of aromatic amines is 2. The first kappa shape index (κ1) is 44.6. The van der Waals surface area contributed by atoms with E-state index >= 15 is 0 Å². The number of fused-ring (bicyclic) bond motifs is 2. The number of hydrogen-bond acceptors (Lipinski definition) is 14. The van der Waals surface area contributed by atoms with Gasteiger partial charge in [-0.2, -0.15) is 9.97 Å². The third kappa shape index (κ3) is 9.69. The first-order valence-corrected chi connectivity index (χ1v) is 23.9. The second-order valence-corrected chi connectivity index (χ2v) is 26.7. The summed E-state index contributed by atoms with van der Waals surface area (Å²) in [6, 6.07) is -1.14. The number of amides is 2. The lowest BCUT2D eigenvalue weighted by atomic mass is 10.0. The van der Waals surface area contributed by atoms with Crippen LogP contribution in [-0.2, 0) is 18.4 Å². The van der Waals surface area contributed by atoms with E-state index in [1.807, 2.05) is 0 Å². The molecule has 2 aromatic rings. The molecule has 4 heterocycles. The second-order valence-electron chi connectivity index (χ2n) is 17.2. The predicted molar refractivity (Wildman–Crippen MR) is 217 cm³/mol. The van der Waals surface area contributed by atoms with Crippen molar-refractivity contribution >= 4 is 63.4 Å². The lowest BCUT2D eigenvalue weighted by molar-refractivity contribution is -0.120. The van der Waals surface area contributed by atoms with Gasteiger partial charge in [0.05, 0.1) is 36.9 Å². The van der Waals surface area contributed by atoms with E-state index in [4.69, 9.17) is 20.3 Å². The molecule has 54 heavy (non-hydrogen) atoms. The third-order valence-corrected chi connectivity index (χ3v) is 19.9. The molecule has 0 spiro atoms. The van der Waals surface area contributed by atoms with Gasteiger partial charge in [-0.3, -0.25) is 38.9 Å². The molecule has 0 radical (unpaired) electrons. The van der Waals surface area contributed by atoms with Crippen LogP contribution in [0.25, 0.3) is 0 Å². The molecule has 2 aromatic heterocycles. The smallest absolute Gasteiger partial charge is 0.278 e. The van der Waals surface area contributed by atoms with Gasteiger partial charge >= 0.3 is 0 Å². The summed E-state index contributed by atoms with van der Waals surface area (Å²) >= 11 is 0. The Balaban J connectivity index is 0.000000303. The number of carbonyl (C=O) groups excluding carboxylic acids is 2. The van der Waals surface area contributed by atoms with E-state index in [9.17, 15) is 29.4 Å². The van der Waals surface area contributed by atoms with Gasteiger partial charge in [-0.1, -0.05) is 41.5 Å². The summed E-state index contributed by atoms with van der Waals surface area (Å²) < 4.78 is 13.7. The maximum absolute atomic E-state index is 12.5. The Kier molecular flexibility index (Phi) is 13.3. The Labute approximate surface area is 319 Å². The van der Waals surface area contributed by atoms with Gasteiger partial charge in [-0.25, -0.2) is 0 Å². The molecule has 6 atom stereocenters. The number of H-pyrrole nitrogens is 2. The Bertz CT molecular complexity index is 1800. The molecule has 4 rings (SSSR count). The molecule has 0 bridgehead atoms. The van der Waals surface area contributed by atoms with E-state index in [0.29, 0.717) is 18.1 Å². The van der Waals surface area contributed by atoms with E-state index in [0.717, 1.165) is 9.80 Å². The number of nitrogens with one attached hydrogen (secondary N) is 4. The van der Waals surface area contributed by atoms with Crippen molar-refractivity contribution < 1.29 is 28.7 Å². The number of aromatic nitrogens is 4. The molecule has 2 amide bonds. The minimum Gasteiger partial charge on any atom is -0.412 e. The number of nitrogen functional groups attached to an aromatic ring is 2. The SMILES string of the molecule is CC(=O)N1C[C@H]([C@@H](O)[C@H](C)O)N(C(C)=O)c2c1nc(N)[nH]c2=O.C[C@H](O[Si](C)(C)C(C)(C)C)[C@H](O[Si](C)(C)C(C)(C)C)[C@H]1CNc2nc(N)[nH]c(=O)c2N1. The van der Waals surface area contributed by atoms with Gasteiger partial charge in [0, 0.05) is 20.4 Å². The van der Waals surface area contributed by atoms with Crippen LogP contribution in [0.5, 0.6) is 0 Å². The van der Waals surface area contributed by atoms with Gasteiger partial charge in [0.1, 0.15) is 11.8 Å². The van der Waals surface area contributed by atoms with Crippen LogP contribution in [0.1, 0.15) is 69.2 Å². The molecule has 304 valence electrons. The van der Waals surface area contributed by atoms with Crippen molar-refractivity contribution in [3.63, 3.8) is 0 Å². The van der Waals surface area contributed by atoms with Crippen LogP contribution in [0.3, 0.4) is 0 Å². The second kappa shape index (κ2) is 16.1. The van der Waals surface area contributed by atoms with Crippen LogP contribution in [0.2, 0.25) is 36.3 Å². The molecule has 0 aliphatic carbocycles. The molecule has 0 saturated carbocycles. The summed E-state index contributed by atoms with van der Waals surface area (Å²) in [5, 5.41) is 26.6. The summed E-state index contributed by atoms with van der Waals surface area (Å²) in [6.45, 7) is 28.8. The van der Waals surface area contributed by atoms with Gasteiger partial charge in [0.2, 0.25) is 23.7 Å². The van der Waals surface area contributed by atoms with Gasteiger partial charge in [-0.05, 0) is 50.1 Å². The highest BCUT2D eigenvalue weighted by Crippen LogP contribution is 2.41. The number of nitrogens with zero attached hydrogens (tertiary/aromatic N) is 4. The largest absolute Gasteiger partial charge is 0.412 e. The first-order chi connectivity index (χ1) is 24.5. The van der Waals surface area contributed by atoms with Gasteiger partial charge in [0.25, 0.3) is 11.1 Å². The molecule has 2 aliphatic heterocycles. The number of rotatable bonds is 8. The van der Waals surface area contributed by atoms with Gasteiger partial charge < -0.3 is 41.2 Å². The third-order valence-electron chi connectivity index (χ3n) is 10.8. The number of carbonyl (C=O) groups is 2. The fraction of sp³-hybridized carbons (Fsp3) is 0.706. The molecule has 0 saturated heterocycles. The minimum absolute atomic E-state index is 0.0510. The topological polar surface area (TPSA) is 267 Å². The molecule has 20 heteroatoms. The van der Waals surface area contributed by atoms with Crippen molar-refractivity contribution in [3.8, 4) is 0 Å². The van der Waals surface area contributed by atoms with E-state index in [-0.39, 0.29) is 63.8 Å². The molecule has 18 nitrogen and oxygen atoms in total. The zero-order valence-electron chi connectivity index (χ0n) is 34.2. The quantitative estimate of drug-likeness (QED) is 0.179. The number of nitrogens with two attached hydrogens (primary N) is 2. The number of aliphatic hydroxyl groups excluding tert-OH is 2. The summed E-state index contributed by atoms with van der Waals surface area (Å²) in [5.74, 6) is -0.645. The molecule has 2 aliphatic rings. The van der Waals surface area contributed by atoms with Crippen molar-refractivity contribution in [2.45, 2.75) is 142 Å². The molecule has 0 aromatic carbocycles. The highest BCUT2D eigenvalue weighted by Gasteiger charge is 2.47. The van der Waals surface area contributed by atoms with Gasteiger partial charge in [-0.15, -0.1) is 0 Å². The molecule has 10 N–H and O–H groups in total. The fourth-order valence-corrected chi connectivity index (χ4v) is 8.58. The summed E-state index contributed by atoms with van der Waals surface area (Å²) in [4.78, 5) is 63.8. The molecule has 0 fully saturated rings. The Hall–Kier alpha value is -3.83. The average Bonchev–Trinajstić information content (AvgIpc) is 3.01. The fourth-order valence-electron chi connectivity index (χ4n) is 5.77. The predicted octanol–water partition coefficient (Wildman–Crippen LogP) is 2.54. The average molecular weight is 795 g/mol. The van der Waals surface area contributed by atoms with E-state index < -0.39 is 52.3 Å². The highest BCUT2D eigenvalue weighted by atomic mass is 28.4. The number of hydrogen-bond donors (Lipinski definition) is 8. The standard InChI is InChI=1S/C21H43N5O3Si2.C13H19N5O5/c1-13(28-30(8,9)20(2,3)4)16(29-31(10,11)21(5,6)7)14-12-23-17-15(24-14)18(27)26-19(22)25-17;1-5(19)10(22)8-4-17(6(2)20)11-9(18(8)7(3)21)12(23)16-13(14)15-11/h13-14,16,24H,12H2,1-11H3,(H4,22,23,25,26,27);5,8,10,19,22H,4H2,1-3H3,(H3,14,15,16,23)/t13-,14+,16-;5-,8+,10-/m00/s1. The highest BCUT2D eigenvalue weighted by molar-refractivity contribution is 6.74. The van der Waals surface area contributed by atoms with Crippen molar-refractivity contribution in [2.24, 2.45) is 0 Å².